The van der Waals surface area contributed by atoms with E-state index in [1.165, 1.54) is 11.3 Å². The van der Waals surface area contributed by atoms with E-state index in [1.54, 1.807) is 0 Å². The van der Waals surface area contributed by atoms with Gasteiger partial charge < -0.3 is 14.8 Å². The van der Waals surface area contributed by atoms with Crippen LogP contribution in [0.25, 0.3) is 10.9 Å². The third-order valence-electron chi connectivity index (χ3n) is 5.03. The molecule has 0 radical (unpaired) electrons. The molecule has 1 saturated heterocycles. The first-order valence-corrected chi connectivity index (χ1v) is 9.69. The summed E-state index contributed by atoms with van der Waals surface area (Å²) in [5, 5.41) is 6.12. The lowest BCUT2D eigenvalue weighted by Gasteiger charge is -2.32. The maximum absolute atomic E-state index is 12.7. The summed E-state index contributed by atoms with van der Waals surface area (Å²) in [6.45, 7) is 1.35. The minimum absolute atomic E-state index is 0.0493. The molecule has 0 unspecified atom stereocenters. The number of benzene rings is 1. The van der Waals surface area contributed by atoms with Crippen molar-refractivity contribution in [1.29, 1.82) is 0 Å². The van der Waals surface area contributed by atoms with Gasteiger partial charge in [-0.1, -0.05) is 24.3 Å². The molecule has 5 nitrogen and oxygen atoms in total. The van der Waals surface area contributed by atoms with Crippen molar-refractivity contribution in [3.63, 3.8) is 0 Å². The third kappa shape index (κ3) is 3.12. The maximum Gasteiger partial charge on any atom is 0.268 e. The number of thiophene rings is 1. The quantitative estimate of drug-likeness (QED) is 0.772. The van der Waals surface area contributed by atoms with Crippen molar-refractivity contribution in [3.8, 4) is 0 Å². The minimum Gasteiger partial charge on any atom is -0.348 e. The number of hydrogen-bond acceptors (Lipinski definition) is 3. The van der Waals surface area contributed by atoms with Crippen LogP contribution in [0.2, 0.25) is 0 Å². The van der Waals surface area contributed by atoms with E-state index >= 15 is 0 Å². The van der Waals surface area contributed by atoms with Crippen LogP contribution in [0.15, 0.2) is 47.8 Å². The van der Waals surface area contributed by atoms with E-state index in [4.69, 9.17) is 0 Å². The van der Waals surface area contributed by atoms with Crippen LogP contribution in [-0.2, 0) is 7.05 Å². The highest BCUT2D eigenvalue weighted by atomic mass is 32.1. The summed E-state index contributed by atoms with van der Waals surface area (Å²) in [4.78, 5) is 27.8. The molecule has 134 valence electrons. The minimum atomic E-state index is -0.0493. The molecule has 1 fully saturated rings. The molecule has 1 aromatic carbocycles. The first-order chi connectivity index (χ1) is 12.6. The summed E-state index contributed by atoms with van der Waals surface area (Å²) in [6.07, 6.45) is 1.57. The number of nitrogens with zero attached hydrogens (tertiary/aromatic N) is 2. The fraction of sp³-hybridized carbons (Fsp3) is 0.300. The van der Waals surface area contributed by atoms with Gasteiger partial charge in [0, 0.05) is 37.1 Å². The van der Waals surface area contributed by atoms with Gasteiger partial charge in [0.25, 0.3) is 11.8 Å². The summed E-state index contributed by atoms with van der Waals surface area (Å²) < 4.78 is 1.93. The second-order valence-electron chi connectivity index (χ2n) is 6.66. The van der Waals surface area contributed by atoms with Crippen LogP contribution in [0.1, 0.15) is 33.0 Å². The molecule has 0 bridgehead atoms. The summed E-state index contributed by atoms with van der Waals surface area (Å²) in [7, 11) is 1.92. The van der Waals surface area contributed by atoms with Gasteiger partial charge in [0.2, 0.25) is 0 Å². The number of nitrogens with one attached hydrogen (secondary N) is 1. The van der Waals surface area contributed by atoms with Crippen molar-refractivity contribution < 1.29 is 9.59 Å². The largest absolute Gasteiger partial charge is 0.348 e. The standard InChI is InChI=1S/C20H21N3O2S/c1-22-16-6-3-2-5-14(16)13-17(22)19(24)21-15-8-10-23(11-9-15)20(25)18-7-4-12-26-18/h2-7,12-13,15H,8-11H2,1H3,(H,21,24). The van der Waals surface area contributed by atoms with Crippen LogP contribution in [0, 0.1) is 0 Å². The van der Waals surface area contributed by atoms with E-state index in [-0.39, 0.29) is 17.9 Å². The number of para-hydroxylation sites is 1. The predicted molar refractivity (Wildman–Crippen MR) is 104 cm³/mol. The number of rotatable bonds is 3. The number of amides is 2. The Morgan fingerprint density at radius 1 is 1.12 bits per heavy atom. The molecule has 2 amide bonds. The number of aryl methyl sites for hydroxylation is 1. The lowest BCUT2D eigenvalue weighted by Crippen LogP contribution is -2.46. The van der Waals surface area contributed by atoms with E-state index in [0.29, 0.717) is 18.8 Å². The lowest BCUT2D eigenvalue weighted by atomic mass is 10.0. The Morgan fingerprint density at radius 3 is 2.58 bits per heavy atom. The van der Waals surface area contributed by atoms with Crippen molar-refractivity contribution in [2.75, 3.05) is 13.1 Å². The molecule has 4 rings (SSSR count). The zero-order chi connectivity index (χ0) is 18.1. The first-order valence-electron chi connectivity index (χ1n) is 8.81. The molecule has 2 aromatic heterocycles. The summed E-state index contributed by atoms with van der Waals surface area (Å²) >= 11 is 1.47. The Morgan fingerprint density at radius 2 is 1.88 bits per heavy atom. The Hall–Kier alpha value is -2.60. The summed E-state index contributed by atoms with van der Waals surface area (Å²) in [5.41, 5.74) is 1.72. The highest BCUT2D eigenvalue weighted by molar-refractivity contribution is 7.12. The normalized spacial score (nSPS) is 15.3. The molecule has 0 spiro atoms. The van der Waals surface area contributed by atoms with E-state index in [2.05, 4.69) is 5.32 Å². The second kappa shape index (κ2) is 6.96. The maximum atomic E-state index is 12.7. The molecule has 26 heavy (non-hydrogen) atoms. The van der Waals surface area contributed by atoms with Crippen molar-refractivity contribution in [2.45, 2.75) is 18.9 Å². The van der Waals surface area contributed by atoms with Crippen LogP contribution in [0.4, 0.5) is 0 Å². The van der Waals surface area contributed by atoms with Gasteiger partial charge in [-0.2, -0.15) is 0 Å². The molecule has 1 aliphatic heterocycles. The Kier molecular flexibility index (Phi) is 4.51. The molecule has 6 heteroatoms. The number of carbonyl (C=O) groups excluding carboxylic acids is 2. The van der Waals surface area contributed by atoms with Gasteiger partial charge in [-0.3, -0.25) is 9.59 Å². The van der Waals surface area contributed by atoms with Crippen molar-refractivity contribution in [3.05, 3.63) is 58.4 Å². The zero-order valence-corrected chi connectivity index (χ0v) is 15.5. The van der Waals surface area contributed by atoms with Crippen LogP contribution in [0.3, 0.4) is 0 Å². The van der Waals surface area contributed by atoms with Crippen molar-refractivity contribution in [2.24, 2.45) is 7.05 Å². The Balaban J connectivity index is 1.38. The zero-order valence-electron chi connectivity index (χ0n) is 14.6. The molecule has 3 heterocycles. The van der Waals surface area contributed by atoms with Gasteiger partial charge in [-0.15, -0.1) is 11.3 Å². The Labute approximate surface area is 156 Å². The average Bonchev–Trinajstić information content (AvgIpc) is 3.31. The molecular weight excluding hydrogens is 346 g/mol. The highest BCUT2D eigenvalue weighted by Gasteiger charge is 2.26. The van der Waals surface area contributed by atoms with Crippen LogP contribution in [-0.4, -0.2) is 40.4 Å². The van der Waals surface area contributed by atoms with Crippen LogP contribution < -0.4 is 5.32 Å². The fourth-order valence-electron chi connectivity index (χ4n) is 3.55. The average molecular weight is 367 g/mol. The number of fused-ring (bicyclic) bond motifs is 1. The SMILES string of the molecule is Cn1c(C(=O)NC2CCN(C(=O)c3cccs3)CC2)cc2ccccc21. The van der Waals surface area contributed by atoms with Crippen LogP contribution >= 0.6 is 11.3 Å². The predicted octanol–water partition coefficient (Wildman–Crippen LogP) is 3.27. The molecule has 0 aliphatic carbocycles. The highest BCUT2D eigenvalue weighted by Crippen LogP contribution is 2.20. The van der Waals surface area contributed by atoms with Crippen LogP contribution in [0.5, 0.6) is 0 Å². The monoisotopic (exact) mass is 367 g/mol. The van der Waals surface area contributed by atoms with E-state index < -0.39 is 0 Å². The van der Waals surface area contributed by atoms with Gasteiger partial charge in [-0.25, -0.2) is 0 Å². The second-order valence-corrected chi connectivity index (χ2v) is 7.61. The molecule has 0 atom stereocenters. The smallest absolute Gasteiger partial charge is 0.268 e. The van der Waals surface area contributed by atoms with Gasteiger partial charge in [0.15, 0.2) is 0 Å². The number of hydrogen-bond donors (Lipinski definition) is 1. The van der Waals surface area contributed by atoms with Crippen molar-refractivity contribution >= 4 is 34.1 Å². The molecule has 1 N–H and O–H groups in total. The van der Waals surface area contributed by atoms with Crippen molar-refractivity contribution in [1.82, 2.24) is 14.8 Å². The molecule has 3 aromatic rings. The topological polar surface area (TPSA) is 54.3 Å². The number of likely N-dealkylation sites (tertiary alicyclic amines) is 1. The van der Waals surface area contributed by atoms with E-state index in [9.17, 15) is 9.59 Å². The van der Waals surface area contributed by atoms with Gasteiger partial charge in [0.05, 0.1) is 4.88 Å². The number of aromatic nitrogens is 1. The van der Waals surface area contributed by atoms with Gasteiger partial charge in [-0.05, 0) is 36.4 Å². The van der Waals surface area contributed by atoms with E-state index in [0.717, 1.165) is 28.6 Å². The molecule has 0 saturated carbocycles. The first kappa shape index (κ1) is 16.8. The fourth-order valence-corrected chi connectivity index (χ4v) is 4.24. The molecular formula is C20H21N3O2S. The van der Waals surface area contributed by atoms with Gasteiger partial charge in [0.1, 0.15) is 5.69 Å². The molecule has 1 aliphatic rings. The van der Waals surface area contributed by atoms with Gasteiger partial charge >= 0.3 is 0 Å². The Bertz CT molecular complexity index is 937. The third-order valence-corrected chi connectivity index (χ3v) is 5.89. The lowest BCUT2D eigenvalue weighted by molar-refractivity contribution is 0.0702. The summed E-state index contributed by atoms with van der Waals surface area (Å²) in [6, 6.07) is 13.8. The number of piperidine rings is 1. The number of carbonyl (C=O) groups is 2. The van der Waals surface area contributed by atoms with E-state index in [1.807, 2.05) is 64.4 Å². The summed E-state index contributed by atoms with van der Waals surface area (Å²) in [5.74, 6) is 0.0465.